The number of nitrogens with zero attached hydrogens (tertiary/aromatic N) is 1. The van der Waals surface area contributed by atoms with E-state index in [4.69, 9.17) is 11.6 Å². The van der Waals surface area contributed by atoms with E-state index in [0.29, 0.717) is 0 Å². The van der Waals surface area contributed by atoms with Crippen LogP contribution in [0, 0.1) is 0 Å². The van der Waals surface area contributed by atoms with Crippen molar-refractivity contribution in [3.63, 3.8) is 0 Å². The third kappa shape index (κ3) is 2.59. The van der Waals surface area contributed by atoms with E-state index in [2.05, 4.69) is 4.98 Å². The quantitative estimate of drug-likeness (QED) is 0.589. The van der Waals surface area contributed by atoms with Crippen LogP contribution in [0.15, 0.2) is 18.3 Å². The Morgan fingerprint density at radius 3 is 2.64 bits per heavy atom. The summed E-state index contributed by atoms with van der Waals surface area (Å²) in [5, 5.41) is 0.730. The largest absolute Gasteiger partial charge is 0.435 e. The lowest BCUT2D eigenvalue weighted by Crippen LogP contribution is -2.13. The number of carbonyl (C=O) groups is 1. The molecule has 0 unspecified atom stereocenters. The van der Waals surface area contributed by atoms with Crippen molar-refractivity contribution in [3.05, 3.63) is 24.0 Å². The topological polar surface area (TPSA) is 42.0 Å². The van der Waals surface area contributed by atoms with Gasteiger partial charge < -0.3 is 5.32 Å². The standard InChI is InChI=1S/C7H4ClF3N2O/c8-6(14)13-4-2-1-3-12-5(4)7(9,10)11/h1-3H,(H,13,14). The normalized spacial score (nSPS) is 11.1. The number of carbonyl (C=O) groups excluding carboxylic acids is 1. The number of hydrogen-bond acceptors (Lipinski definition) is 2. The molecule has 0 bridgehead atoms. The molecular formula is C7H4ClF3N2O. The van der Waals surface area contributed by atoms with Gasteiger partial charge in [-0.2, -0.15) is 13.2 Å². The van der Waals surface area contributed by atoms with Gasteiger partial charge in [-0.15, -0.1) is 0 Å². The summed E-state index contributed by atoms with van der Waals surface area (Å²) in [6, 6.07) is 2.33. The third-order valence-corrected chi connectivity index (χ3v) is 1.40. The zero-order valence-electron chi connectivity index (χ0n) is 6.60. The van der Waals surface area contributed by atoms with Crippen LogP contribution in [-0.2, 0) is 6.18 Å². The van der Waals surface area contributed by atoms with Crippen LogP contribution in [0.3, 0.4) is 0 Å². The molecule has 1 aromatic heterocycles. The fraction of sp³-hybridized carbons (Fsp3) is 0.143. The summed E-state index contributed by atoms with van der Waals surface area (Å²) in [4.78, 5) is 13.5. The number of nitrogens with one attached hydrogen (secondary N) is 1. The number of anilines is 1. The predicted molar refractivity (Wildman–Crippen MR) is 44.1 cm³/mol. The van der Waals surface area contributed by atoms with Gasteiger partial charge >= 0.3 is 11.5 Å². The molecule has 0 saturated heterocycles. The van der Waals surface area contributed by atoms with E-state index in [0.717, 1.165) is 12.3 Å². The molecule has 1 rings (SSSR count). The SMILES string of the molecule is O=C(Cl)Nc1cccnc1C(F)(F)F. The first-order chi connectivity index (χ1) is 6.41. The second-order valence-corrected chi connectivity index (χ2v) is 2.64. The lowest BCUT2D eigenvalue weighted by Gasteiger charge is -2.10. The van der Waals surface area contributed by atoms with Crippen molar-refractivity contribution in [2.45, 2.75) is 6.18 Å². The first kappa shape index (κ1) is 10.8. The minimum absolute atomic E-state index is 0.458. The van der Waals surface area contributed by atoms with E-state index in [-0.39, 0.29) is 0 Å². The number of halogens is 4. The summed E-state index contributed by atoms with van der Waals surface area (Å²) < 4.78 is 36.7. The summed E-state index contributed by atoms with van der Waals surface area (Å²) >= 11 is 4.89. The number of alkyl halides is 3. The van der Waals surface area contributed by atoms with Crippen LogP contribution in [-0.4, -0.2) is 10.4 Å². The molecule has 1 amide bonds. The second-order valence-electron chi connectivity index (χ2n) is 2.30. The fourth-order valence-electron chi connectivity index (χ4n) is 0.838. The Morgan fingerprint density at radius 1 is 1.50 bits per heavy atom. The molecule has 0 aliphatic carbocycles. The molecular weight excluding hydrogens is 221 g/mol. The zero-order chi connectivity index (χ0) is 10.8. The van der Waals surface area contributed by atoms with Crippen molar-refractivity contribution in [2.24, 2.45) is 0 Å². The fourth-order valence-corrected chi connectivity index (χ4v) is 0.940. The Labute approximate surface area is 81.9 Å². The number of rotatable bonds is 1. The minimum atomic E-state index is -4.62. The van der Waals surface area contributed by atoms with E-state index in [9.17, 15) is 18.0 Å². The molecule has 1 aromatic rings. The maximum absolute atomic E-state index is 12.2. The monoisotopic (exact) mass is 224 g/mol. The average Bonchev–Trinajstić information content (AvgIpc) is 2.01. The van der Waals surface area contributed by atoms with E-state index in [1.165, 1.54) is 6.07 Å². The molecule has 0 saturated carbocycles. The molecule has 0 fully saturated rings. The highest BCUT2D eigenvalue weighted by molar-refractivity contribution is 6.65. The van der Waals surface area contributed by atoms with Crippen molar-refractivity contribution in [1.29, 1.82) is 0 Å². The second kappa shape index (κ2) is 3.83. The number of pyridine rings is 1. The van der Waals surface area contributed by atoms with Gasteiger partial charge in [0.2, 0.25) is 0 Å². The molecule has 1 heterocycles. The van der Waals surface area contributed by atoms with Crippen LogP contribution in [0.4, 0.5) is 23.7 Å². The average molecular weight is 225 g/mol. The van der Waals surface area contributed by atoms with Gasteiger partial charge in [-0.05, 0) is 23.7 Å². The third-order valence-electron chi connectivity index (χ3n) is 1.31. The molecule has 0 aliphatic rings. The van der Waals surface area contributed by atoms with Crippen LogP contribution in [0.5, 0.6) is 0 Å². The summed E-state index contributed by atoms with van der Waals surface area (Å²) in [5.74, 6) is 0. The van der Waals surface area contributed by atoms with Gasteiger partial charge in [0.15, 0.2) is 5.69 Å². The van der Waals surface area contributed by atoms with Crippen LogP contribution < -0.4 is 5.32 Å². The highest BCUT2D eigenvalue weighted by Crippen LogP contribution is 2.32. The van der Waals surface area contributed by atoms with Crippen LogP contribution >= 0.6 is 11.6 Å². The van der Waals surface area contributed by atoms with E-state index >= 15 is 0 Å². The van der Waals surface area contributed by atoms with Gasteiger partial charge in [-0.25, -0.2) is 4.98 Å². The van der Waals surface area contributed by atoms with Crippen molar-refractivity contribution in [2.75, 3.05) is 5.32 Å². The highest BCUT2D eigenvalue weighted by Gasteiger charge is 2.35. The molecule has 76 valence electrons. The van der Waals surface area contributed by atoms with E-state index in [1.807, 2.05) is 5.32 Å². The maximum Gasteiger partial charge on any atom is 0.435 e. The summed E-state index contributed by atoms with van der Waals surface area (Å²) in [6.07, 6.45) is -3.64. The van der Waals surface area contributed by atoms with Gasteiger partial charge in [0.1, 0.15) is 0 Å². The van der Waals surface area contributed by atoms with Gasteiger partial charge in [0.25, 0.3) is 0 Å². The van der Waals surface area contributed by atoms with Crippen LogP contribution in [0.25, 0.3) is 0 Å². The molecule has 0 atom stereocenters. The molecule has 0 radical (unpaired) electrons. The summed E-state index contributed by atoms with van der Waals surface area (Å²) in [7, 11) is 0. The summed E-state index contributed by atoms with van der Waals surface area (Å²) in [5.41, 5.74) is -1.63. The van der Waals surface area contributed by atoms with Gasteiger partial charge in [0.05, 0.1) is 5.69 Å². The zero-order valence-corrected chi connectivity index (χ0v) is 7.36. The Morgan fingerprint density at radius 2 is 2.14 bits per heavy atom. The van der Waals surface area contributed by atoms with Gasteiger partial charge in [-0.3, -0.25) is 4.79 Å². The number of amides is 1. The Bertz CT molecular complexity index is 353. The van der Waals surface area contributed by atoms with Crippen molar-refractivity contribution in [3.8, 4) is 0 Å². The minimum Gasteiger partial charge on any atom is -0.310 e. The Hall–Kier alpha value is -1.30. The molecule has 3 nitrogen and oxygen atoms in total. The molecule has 0 aliphatic heterocycles. The van der Waals surface area contributed by atoms with Crippen molar-refractivity contribution < 1.29 is 18.0 Å². The van der Waals surface area contributed by atoms with E-state index in [1.54, 1.807) is 0 Å². The van der Waals surface area contributed by atoms with Crippen molar-refractivity contribution >= 4 is 22.7 Å². The Kier molecular flexibility index (Phi) is 2.95. The van der Waals surface area contributed by atoms with Crippen molar-refractivity contribution in [1.82, 2.24) is 4.98 Å². The first-order valence-electron chi connectivity index (χ1n) is 3.40. The summed E-state index contributed by atoms with van der Waals surface area (Å²) in [6.45, 7) is 0. The van der Waals surface area contributed by atoms with Gasteiger partial charge in [0, 0.05) is 6.20 Å². The predicted octanol–water partition coefficient (Wildman–Crippen LogP) is 2.87. The Balaban J connectivity index is 3.10. The van der Waals surface area contributed by atoms with Crippen LogP contribution in [0.2, 0.25) is 0 Å². The highest BCUT2D eigenvalue weighted by atomic mass is 35.5. The van der Waals surface area contributed by atoms with E-state index < -0.39 is 22.9 Å². The lowest BCUT2D eigenvalue weighted by atomic mass is 10.3. The molecule has 0 aromatic carbocycles. The van der Waals surface area contributed by atoms with Gasteiger partial charge in [-0.1, -0.05) is 0 Å². The smallest absolute Gasteiger partial charge is 0.310 e. The first-order valence-corrected chi connectivity index (χ1v) is 3.78. The molecule has 0 spiro atoms. The molecule has 14 heavy (non-hydrogen) atoms. The number of aromatic nitrogens is 1. The van der Waals surface area contributed by atoms with Crippen LogP contribution in [0.1, 0.15) is 5.69 Å². The molecule has 1 N–H and O–H groups in total. The lowest BCUT2D eigenvalue weighted by molar-refractivity contribution is -0.140. The maximum atomic E-state index is 12.2. The number of hydrogen-bond donors (Lipinski definition) is 1. The molecule has 7 heteroatoms.